The zero-order valence-electron chi connectivity index (χ0n) is 14.8. The van der Waals surface area contributed by atoms with Crippen LogP contribution >= 0.6 is 11.3 Å². The smallest absolute Gasteiger partial charge is 0.405 e. The van der Waals surface area contributed by atoms with Crippen molar-refractivity contribution in [3.63, 3.8) is 0 Å². The Kier molecular flexibility index (Phi) is 6.03. The minimum Gasteiger partial charge on any atom is -0.440 e. The number of amides is 2. The van der Waals surface area contributed by atoms with Crippen molar-refractivity contribution >= 4 is 34.1 Å². The van der Waals surface area contributed by atoms with Gasteiger partial charge >= 0.3 is 6.09 Å². The molecule has 2 aromatic rings. The standard InChI is InChI=1S/C19H18F2N2O4S/c20-11-6-4-7-12(21)16(11)17(25)15-10-5-2-1-3-8-13(10)28-18(15)23-14(24)9-27-19(22)26/h4,6-7H,1-3,5,8-9H2,(H2,22,26)(H,23,24). The van der Waals surface area contributed by atoms with Crippen molar-refractivity contribution in [1.82, 2.24) is 0 Å². The van der Waals surface area contributed by atoms with Gasteiger partial charge in [-0.2, -0.15) is 0 Å². The van der Waals surface area contributed by atoms with Crippen molar-refractivity contribution in [2.45, 2.75) is 32.1 Å². The van der Waals surface area contributed by atoms with Crippen molar-refractivity contribution in [3.05, 3.63) is 51.4 Å². The number of anilines is 1. The van der Waals surface area contributed by atoms with E-state index in [1.54, 1.807) is 0 Å². The lowest BCUT2D eigenvalue weighted by molar-refractivity contribution is -0.118. The van der Waals surface area contributed by atoms with Gasteiger partial charge in [-0.3, -0.25) is 9.59 Å². The van der Waals surface area contributed by atoms with Crippen LogP contribution in [0.15, 0.2) is 18.2 Å². The van der Waals surface area contributed by atoms with Crippen molar-refractivity contribution < 1.29 is 27.9 Å². The van der Waals surface area contributed by atoms with Gasteiger partial charge < -0.3 is 15.8 Å². The summed E-state index contributed by atoms with van der Waals surface area (Å²) >= 11 is 1.20. The van der Waals surface area contributed by atoms with Crippen molar-refractivity contribution in [1.29, 1.82) is 0 Å². The van der Waals surface area contributed by atoms with E-state index >= 15 is 0 Å². The maximum absolute atomic E-state index is 14.2. The molecular weight excluding hydrogens is 390 g/mol. The molecule has 2 amide bonds. The van der Waals surface area contributed by atoms with Gasteiger partial charge in [0.15, 0.2) is 6.61 Å². The number of thiophene rings is 1. The SMILES string of the molecule is NC(=O)OCC(=O)Nc1sc2c(c1C(=O)c1c(F)cccc1F)CCCCC2. The number of carbonyl (C=O) groups excluding carboxylic acids is 3. The molecule has 0 saturated heterocycles. The molecule has 1 aromatic carbocycles. The maximum Gasteiger partial charge on any atom is 0.405 e. The van der Waals surface area contributed by atoms with Crippen molar-refractivity contribution in [2.75, 3.05) is 11.9 Å². The molecule has 148 valence electrons. The maximum atomic E-state index is 14.2. The van der Waals surface area contributed by atoms with Crippen LogP contribution in [0.3, 0.4) is 0 Å². The van der Waals surface area contributed by atoms with E-state index in [2.05, 4.69) is 10.1 Å². The second kappa shape index (κ2) is 8.47. The first kappa shape index (κ1) is 19.9. The molecule has 0 fully saturated rings. The molecule has 1 aromatic heterocycles. The molecule has 1 heterocycles. The summed E-state index contributed by atoms with van der Waals surface area (Å²) < 4.78 is 32.8. The van der Waals surface area contributed by atoms with Gasteiger partial charge in [0.25, 0.3) is 5.91 Å². The first-order valence-electron chi connectivity index (χ1n) is 8.73. The average molecular weight is 408 g/mol. The molecule has 0 saturated carbocycles. The van der Waals surface area contributed by atoms with Crippen LogP contribution in [0.4, 0.5) is 18.6 Å². The predicted molar refractivity (Wildman–Crippen MR) is 99.5 cm³/mol. The Balaban J connectivity index is 2.02. The van der Waals surface area contributed by atoms with Crippen molar-refractivity contribution in [2.24, 2.45) is 5.73 Å². The molecule has 3 N–H and O–H groups in total. The summed E-state index contributed by atoms with van der Waals surface area (Å²) in [5.74, 6) is -3.44. The van der Waals surface area contributed by atoms with Crippen LogP contribution in [-0.4, -0.2) is 24.4 Å². The fourth-order valence-corrected chi connectivity index (χ4v) is 4.51. The van der Waals surface area contributed by atoms with E-state index in [1.165, 1.54) is 17.4 Å². The molecule has 3 rings (SSSR count). The number of fused-ring (bicyclic) bond motifs is 1. The molecule has 0 bridgehead atoms. The topological polar surface area (TPSA) is 98.5 Å². The summed E-state index contributed by atoms with van der Waals surface area (Å²) in [4.78, 5) is 36.7. The van der Waals surface area contributed by atoms with E-state index in [4.69, 9.17) is 5.73 Å². The quantitative estimate of drug-likeness (QED) is 0.584. The molecule has 0 unspecified atom stereocenters. The van der Waals surface area contributed by atoms with E-state index in [-0.39, 0.29) is 10.6 Å². The van der Waals surface area contributed by atoms with Crippen LogP contribution in [0.5, 0.6) is 0 Å². The van der Waals surface area contributed by atoms with E-state index in [1.807, 2.05) is 0 Å². The number of ketones is 1. The Bertz CT molecular complexity index is 922. The van der Waals surface area contributed by atoms with Gasteiger partial charge in [-0.05, 0) is 43.4 Å². The van der Waals surface area contributed by atoms with Crippen LogP contribution in [0.1, 0.15) is 45.6 Å². The highest BCUT2D eigenvalue weighted by atomic mass is 32.1. The van der Waals surface area contributed by atoms with Gasteiger partial charge in [0.1, 0.15) is 16.6 Å². The van der Waals surface area contributed by atoms with E-state index in [0.29, 0.717) is 18.4 Å². The number of hydrogen-bond donors (Lipinski definition) is 2. The van der Waals surface area contributed by atoms with Crippen LogP contribution in [-0.2, 0) is 22.4 Å². The van der Waals surface area contributed by atoms with Gasteiger partial charge in [0.05, 0.1) is 11.1 Å². The summed E-state index contributed by atoms with van der Waals surface area (Å²) in [5, 5.41) is 2.71. The Morgan fingerprint density at radius 2 is 1.75 bits per heavy atom. The number of benzene rings is 1. The van der Waals surface area contributed by atoms with Gasteiger partial charge in [-0.15, -0.1) is 11.3 Å². The number of hydrogen-bond acceptors (Lipinski definition) is 5. The highest BCUT2D eigenvalue weighted by Crippen LogP contribution is 2.39. The predicted octanol–water partition coefficient (Wildman–Crippen LogP) is 3.56. The summed E-state index contributed by atoms with van der Waals surface area (Å²) in [6, 6.07) is 3.21. The molecule has 1 aliphatic carbocycles. The Labute approximate surface area is 163 Å². The molecule has 1 aliphatic rings. The lowest BCUT2D eigenvalue weighted by Crippen LogP contribution is -2.24. The number of nitrogens with two attached hydrogens (primary N) is 1. The summed E-state index contributed by atoms with van der Waals surface area (Å²) in [6.07, 6.45) is 2.93. The molecule has 28 heavy (non-hydrogen) atoms. The number of nitrogens with one attached hydrogen (secondary N) is 1. The summed E-state index contributed by atoms with van der Waals surface area (Å²) in [6.45, 7) is -0.625. The summed E-state index contributed by atoms with van der Waals surface area (Å²) in [7, 11) is 0. The number of primary amides is 1. The van der Waals surface area contributed by atoms with Gasteiger partial charge in [-0.25, -0.2) is 13.6 Å². The van der Waals surface area contributed by atoms with Crippen LogP contribution in [0.25, 0.3) is 0 Å². The zero-order valence-corrected chi connectivity index (χ0v) is 15.7. The van der Waals surface area contributed by atoms with Crippen LogP contribution in [0.2, 0.25) is 0 Å². The zero-order chi connectivity index (χ0) is 20.3. The van der Waals surface area contributed by atoms with E-state index in [0.717, 1.165) is 36.3 Å². The largest absolute Gasteiger partial charge is 0.440 e. The monoisotopic (exact) mass is 408 g/mol. The second-order valence-corrected chi connectivity index (χ2v) is 7.46. The Hall–Kier alpha value is -2.81. The van der Waals surface area contributed by atoms with Crippen LogP contribution < -0.4 is 11.1 Å². The minimum atomic E-state index is -1.11. The number of carbonyl (C=O) groups is 3. The molecule has 0 aliphatic heterocycles. The van der Waals surface area contributed by atoms with E-state index in [9.17, 15) is 23.2 Å². The third-order valence-electron chi connectivity index (χ3n) is 4.44. The number of halogens is 2. The minimum absolute atomic E-state index is 0.0957. The van der Waals surface area contributed by atoms with E-state index < -0.39 is 41.6 Å². The number of ether oxygens (including phenoxy) is 1. The second-order valence-electron chi connectivity index (χ2n) is 6.35. The molecule has 0 radical (unpaired) electrons. The molecular formula is C19H18F2N2O4S. The number of rotatable bonds is 5. The fourth-order valence-electron chi connectivity index (χ4n) is 3.21. The average Bonchev–Trinajstić information content (AvgIpc) is 2.80. The van der Waals surface area contributed by atoms with Crippen LogP contribution in [0, 0.1) is 11.6 Å². The fraction of sp³-hybridized carbons (Fsp3) is 0.316. The molecule has 9 heteroatoms. The molecule has 0 atom stereocenters. The third kappa shape index (κ3) is 4.19. The third-order valence-corrected chi connectivity index (χ3v) is 5.64. The summed E-state index contributed by atoms with van der Waals surface area (Å²) in [5.41, 5.74) is 4.99. The normalized spacial score (nSPS) is 13.4. The van der Waals surface area contributed by atoms with Gasteiger partial charge in [0, 0.05) is 4.88 Å². The lowest BCUT2D eigenvalue weighted by Gasteiger charge is -2.10. The number of aryl methyl sites for hydroxylation is 1. The Morgan fingerprint density at radius 1 is 1.07 bits per heavy atom. The van der Waals surface area contributed by atoms with Crippen molar-refractivity contribution in [3.8, 4) is 0 Å². The first-order valence-corrected chi connectivity index (χ1v) is 9.55. The highest BCUT2D eigenvalue weighted by molar-refractivity contribution is 7.17. The molecule has 0 spiro atoms. The molecule has 6 nitrogen and oxygen atoms in total. The van der Waals surface area contributed by atoms with Gasteiger partial charge in [0.2, 0.25) is 5.78 Å². The van der Waals surface area contributed by atoms with Gasteiger partial charge in [-0.1, -0.05) is 12.5 Å². The highest BCUT2D eigenvalue weighted by Gasteiger charge is 2.29. The first-order chi connectivity index (χ1) is 13.4. The lowest BCUT2D eigenvalue weighted by atomic mass is 9.97. The Morgan fingerprint density at radius 3 is 2.43 bits per heavy atom.